The van der Waals surface area contributed by atoms with Crippen LogP contribution in [-0.4, -0.2) is 8.42 Å². The van der Waals surface area contributed by atoms with Gasteiger partial charge in [-0.05, 0) is 23.8 Å². The van der Waals surface area contributed by atoms with Crippen LogP contribution in [0.4, 0.5) is 32.0 Å². The van der Waals surface area contributed by atoms with Crippen molar-refractivity contribution in [2.24, 2.45) is 5.14 Å². The van der Waals surface area contributed by atoms with E-state index in [1.165, 1.54) is 4.72 Å². The minimum absolute atomic E-state index is 0.362. The second kappa shape index (κ2) is 5.98. The smallest absolute Gasteiger partial charge is 0.268 e. The molecule has 130 valence electrons. The second-order valence-corrected chi connectivity index (χ2v) is 5.95. The number of hydrogen-bond donors (Lipinski definition) is 2. The summed E-state index contributed by atoms with van der Waals surface area (Å²) in [5, 5.41) is 4.63. The van der Waals surface area contributed by atoms with Crippen LogP contribution in [0.1, 0.15) is 5.56 Å². The minimum atomic E-state index is -4.93. The Morgan fingerprint density at radius 2 is 1.54 bits per heavy atom. The van der Waals surface area contributed by atoms with Crippen LogP contribution in [0, 0.1) is 17.5 Å². The predicted octanol–water partition coefficient (Wildman–Crippen LogP) is 3.41. The molecule has 0 atom stereocenters. The van der Waals surface area contributed by atoms with E-state index in [1.807, 2.05) is 0 Å². The van der Waals surface area contributed by atoms with Gasteiger partial charge in [-0.2, -0.15) is 21.6 Å². The molecule has 0 aliphatic carbocycles. The number of nitrogens with one attached hydrogen (secondary N) is 1. The molecule has 3 N–H and O–H groups in total. The zero-order valence-corrected chi connectivity index (χ0v) is 12.3. The van der Waals surface area contributed by atoms with Crippen LogP contribution in [0.15, 0.2) is 30.3 Å². The lowest BCUT2D eigenvalue weighted by Crippen LogP contribution is -2.22. The quantitative estimate of drug-likeness (QED) is 0.813. The Morgan fingerprint density at radius 1 is 0.917 bits per heavy atom. The third kappa shape index (κ3) is 3.97. The summed E-state index contributed by atoms with van der Waals surface area (Å²) in [7, 11) is -4.36. The maximum atomic E-state index is 14.0. The number of benzene rings is 2. The second-order valence-electron chi connectivity index (χ2n) is 4.65. The molecule has 0 unspecified atom stereocenters. The third-order valence-corrected chi connectivity index (χ3v) is 3.40. The lowest BCUT2D eigenvalue weighted by molar-refractivity contribution is -0.139. The summed E-state index contributed by atoms with van der Waals surface area (Å²) < 4.78 is 102. The van der Waals surface area contributed by atoms with Crippen molar-refractivity contribution in [2.75, 3.05) is 4.72 Å². The minimum Gasteiger partial charge on any atom is -0.268 e. The molecule has 11 heteroatoms. The first-order valence-electron chi connectivity index (χ1n) is 6.05. The zero-order chi connectivity index (χ0) is 18.3. The van der Waals surface area contributed by atoms with Gasteiger partial charge in [0, 0.05) is 11.6 Å². The van der Waals surface area contributed by atoms with E-state index < -0.39 is 50.7 Å². The fraction of sp³-hybridized carbons (Fsp3) is 0.0769. The summed E-state index contributed by atoms with van der Waals surface area (Å²) in [6.07, 6.45) is -4.93. The lowest BCUT2D eigenvalue weighted by atomic mass is 10.0. The van der Waals surface area contributed by atoms with Gasteiger partial charge in [-0.1, -0.05) is 6.07 Å². The van der Waals surface area contributed by atoms with Gasteiger partial charge in [0.25, 0.3) is 10.2 Å². The van der Waals surface area contributed by atoms with Crippen molar-refractivity contribution in [3.63, 3.8) is 0 Å². The molecular formula is C13H8F6N2O2S. The molecular weight excluding hydrogens is 362 g/mol. The van der Waals surface area contributed by atoms with E-state index in [9.17, 15) is 34.8 Å². The Kier molecular flexibility index (Phi) is 4.50. The van der Waals surface area contributed by atoms with Crippen LogP contribution in [-0.2, 0) is 16.4 Å². The normalized spacial score (nSPS) is 12.3. The maximum absolute atomic E-state index is 14.0. The average Bonchev–Trinajstić information content (AvgIpc) is 2.39. The van der Waals surface area contributed by atoms with Crippen molar-refractivity contribution in [3.8, 4) is 11.1 Å². The molecule has 0 radical (unpaired) electrons. The molecule has 2 aromatic rings. The summed E-state index contributed by atoms with van der Waals surface area (Å²) in [5.41, 5.74) is -3.27. The molecule has 0 aliphatic rings. The number of nitrogens with two attached hydrogens (primary N) is 1. The van der Waals surface area contributed by atoms with Crippen LogP contribution in [0.2, 0.25) is 0 Å². The average molecular weight is 370 g/mol. The number of alkyl halides is 3. The third-order valence-electron chi connectivity index (χ3n) is 2.89. The number of rotatable bonds is 3. The molecule has 0 spiro atoms. The number of hydrogen-bond acceptors (Lipinski definition) is 2. The molecule has 4 nitrogen and oxygen atoms in total. The number of anilines is 1. The maximum Gasteiger partial charge on any atom is 0.419 e. The van der Waals surface area contributed by atoms with Crippen LogP contribution < -0.4 is 9.86 Å². The molecule has 0 bridgehead atoms. The molecule has 0 fully saturated rings. The van der Waals surface area contributed by atoms with Crippen molar-refractivity contribution >= 4 is 15.9 Å². The topological polar surface area (TPSA) is 72.2 Å². The van der Waals surface area contributed by atoms with Crippen molar-refractivity contribution < 1.29 is 34.8 Å². The summed E-state index contributed by atoms with van der Waals surface area (Å²) >= 11 is 0. The van der Waals surface area contributed by atoms with Gasteiger partial charge in [0.05, 0.1) is 11.3 Å². The Morgan fingerprint density at radius 3 is 2.04 bits per heavy atom. The molecule has 0 saturated carbocycles. The van der Waals surface area contributed by atoms with Crippen LogP contribution in [0.3, 0.4) is 0 Å². The van der Waals surface area contributed by atoms with Crippen LogP contribution >= 0.6 is 0 Å². The first-order valence-corrected chi connectivity index (χ1v) is 7.60. The highest BCUT2D eigenvalue weighted by molar-refractivity contribution is 7.90. The Balaban J connectivity index is 2.51. The van der Waals surface area contributed by atoms with Gasteiger partial charge in [0.15, 0.2) is 0 Å². The van der Waals surface area contributed by atoms with Crippen molar-refractivity contribution in [1.82, 2.24) is 0 Å². The van der Waals surface area contributed by atoms with E-state index in [-0.39, 0.29) is 5.56 Å². The Bertz CT molecular complexity index is 896. The summed E-state index contributed by atoms with van der Waals surface area (Å²) in [6.45, 7) is 0. The van der Waals surface area contributed by atoms with Gasteiger partial charge in [0.2, 0.25) is 0 Å². The molecule has 0 aliphatic heterocycles. The molecule has 2 aromatic carbocycles. The van der Waals surface area contributed by atoms with Gasteiger partial charge in [-0.15, -0.1) is 0 Å². The SMILES string of the molecule is NS(=O)(=O)Nc1cc(F)c(-c2ccc(C(F)(F)F)c(F)c2)cc1F. The predicted molar refractivity (Wildman–Crippen MR) is 73.5 cm³/mol. The highest BCUT2D eigenvalue weighted by atomic mass is 32.2. The van der Waals surface area contributed by atoms with Gasteiger partial charge in [-0.3, -0.25) is 4.72 Å². The standard InChI is InChI=1S/C13H8F6N2O2S/c14-9-5-12(21-24(20,22)23)11(16)4-7(9)6-1-2-8(10(15)3-6)13(17,18)19/h1-5,21H,(H2,20,22,23). The van der Waals surface area contributed by atoms with E-state index in [0.29, 0.717) is 24.3 Å². The first kappa shape index (κ1) is 18.1. The lowest BCUT2D eigenvalue weighted by Gasteiger charge is -2.11. The summed E-state index contributed by atoms with van der Waals surface area (Å²) in [4.78, 5) is 0. The number of halogens is 6. The Hall–Kier alpha value is -2.27. The summed E-state index contributed by atoms with van der Waals surface area (Å²) in [5.74, 6) is -4.10. The monoisotopic (exact) mass is 370 g/mol. The van der Waals surface area contributed by atoms with Crippen LogP contribution in [0.25, 0.3) is 11.1 Å². The van der Waals surface area contributed by atoms with E-state index in [1.54, 1.807) is 0 Å². The molecule has 0 saturated heterocycles. The summed E-state index contributed by atoms with van der Waals surface area (Å²) in [6, 6.07) is 2.48. The van der Waals surface area contributed by atoms with Crippen molar-refractivity contribution in [2.45, 2.75) is 6.18 Å². The van der Waals surface area contributed by atoms with Gasteiger partial charge in [0.1, 0.15) is 17.5 Å². The molecule has 0 heterocycles. The van der Waals surface area contributed by atoms with Crippen LogP contribution in [0.5, 0.6) is 0 Å². The Labute approximate surface area is 132 Å². The largest absolute Gasteiger partial charge is 0.419 e. The van der Waals surface area contributed by atoms with Crippen molar-refractivity contribution in [1.29, 1.82) is 0 Å². The van der Waals surface area contributed by atoms with E-state index in [4.69, 9.17) is 0 Å². The van der Waals surface area contributed by atoms with Crippen molar-refractivity contribution in [3.05, 3.63) is 53.3 Å². The van der Waals surface area contributed by atoms with Gasteiger partial charge < -0.3 is 0 Å². The zero-order valence-electron chi connectivity index (χ0n) is 11.5. The first-order chi connectivity index (χ1) is 10.9. The van der Waals surface area contributed by atoms with Gasteiger partial charge in [-0.25, -0.2) is 18.3 Å². The van der Waals surface area contributed by atoms with E-state index in [2.05, 4.69) is 5.14 Å². The van der Waals surface area contributed by atoms with E-state index >= 15 is 0 Å². The highest BCUT2D eigenvalue weighted by Gasteiger charge is 2.34. The molecule has 2 rings (SSSR count). The fourth-order valence-corrected chi connectivity index (χ4v) is 2.38. The van der Waals surface area contributed by atoms with E-state index in [0.717, 1.165) is 6.07 Å². The molecule has 0 aromatic heterocycles. The molecule has 24 heavy (non-hydrogen) atoms. The van der Waals surface area contributed by atoms with Gasteiger partial charge >= 0.3 is 6.18 Å². The highest BCUT2D eigenvalue weighted by Crippen LogP contribution is 2.35. The molecule has 0 amide bonds. The fourth-order valence-electron chi connectivity index (χ4n) is 1.91.